The second kappa shape index (κ2) is 10.6. The SMILES string of the molecule is CCC(C)c1ccc(N2C(=O)NC(=O)/C(=C\c3cccn3CCOc3ccc(Cl)cc3)C2=O)cc1. The van der Waals surface area contributed by atoms with Crippen LogP contribution in [-0.4, -0.2) is 29.0 Å². The van der Waals surface area contributed by atoms with Gasteiger partial charge in [0.2, 0.25) is 0 Å². The molecule has 0 bridgehead atoms. The average Bonchev–Trinajstić information content (AvgIpc) is 3.29. The summed E-state index contributed by atoms with van der Waals surface area (Å²) in [5.74, 6) is -0.335. The normalized spacial score (nSPS) is 15.9. The van der Waals surface area contributed by atoms with Crippen molar-refractivity contribution in [2.45, 2.75) is 32.7 Å². The Hall–Kier alpha value is -3.84. The molecule has 4 amide bonds. The molecule has 2 aromatic carbocycles. The first-order chi connectivity index (χ1) is 16.9. The highest BCUT2D eigenvalue weighted by Gasteiger charge is 2.37. The van der Waals surface area contributed by atoms with Crippen molar-refractivity contribution in [1.29, 1.82) is 0 Å². The van der Waals surface area contributed by atoms with Gasteiger partial charge in [-0.25, -0.2) is 9.69 Å². The van der Waals surface area contributed by atoms with Gasteiger partial charge in [0.15, 0.2) is 0 Å². The van der Waals surface area contributed by atoms with Crippen LogP contribution in [0.4, 0.5) is 10.5 Å². The lowest BCUT2D eigenvalue weighted by molar-refractivity contribution is -0.122. The summed E-state index contributed by atoms with van der Waals surface area (Å²) < 4.78 is 7.61. The Balaban J connectivity index is 1.51. The fourth-order valence-electron chi connectivity index (χ4n) is 3.78. The highest BCUT2D eigenvalue weighted by Crippen LogP contribution is 2.26. The van der Waals surface area contributed by atoms with E-state index in [4.69, 9.17) is 16.3 Å². The smallest absolute Gasteiger partial charge is 0.335 e. The molecule has 1 atom stereocenters. The standard InChI is InChI=1S/C27H26ClN3O4/c1-3-18(2)19-6-10-21(11-7-19)31-26(33)24(25(32)29-27(31)34)17-22-5-4-14-30(22)15-16-35-23-12-8-20(28)9-13-23/h4-14,17-18H,3,15-16H2,1-2H3,(H,29,32,34)/b24-17+. The second-order valence-corrected chi connectivity index (χ2v) is 8.72. The van der Waals surface area contributed by atoms with Crippen LogP contribution in [0, 0.1) is 0 Å². The van der Waals surface area contributed by atoms with Crippen molar-refractivity contribution < 1.29 is 19.1 Å². The van der Waals surface area contributed by atoms with Crippen LogP contribution in [0.1, 0.15) is 37.4 Å². The van der Waals surface area contributed by atoms with Crippen LogP contribution in [-0.2, 0) is 16.1 Å². The van der Waals surface area contributed by atoms with Crippen LogP contribution in [0.2, 0.25) is 5.02 Å². The van der Waals surface area contributed by atoms with Crippen LogP contribution >= 0.6 is 11.6 Å². The first kappa shape index (κ1) is 24.3. The average molecular weight is 492 g/mol. The fourth-order valence-corrected chi connectivity index (χ4v) is 3.91. The minimum Gasteiger partial charge on any atom is -0.492 e. The molecule has 8 heteroatoms. The summed E-state index contributed by atoms with van der Waals surface area (Å²) in [6, 6.07) is 17.2. The minimum atomic E-state index is -0.764. The number of carbonyl (C=O) groups is 3. The second-order valence-electron chi connectivity index (χ2n) is 8.29. The van der Waals surface area contributed by atoms with Crippen molar-refractivity contribution in [2.24, 2.45) is 0 Å². The zero-order chi connectivity index (χ0) is 24.9. The molecule has 1 fully saturated rings. The number of amides is 4. The summed E-state index contributed by atoms with van der Waals surface area (Å²) in [6.07, 6.45) is 4.31. The number of hydrogen-bond donors (Lipinski definition) is 1. The van der Waals surface area contributed by atoms with Crippen molar-refractivity contribution in [1.82, 2.24) is 9.88 Å². The maximum Gasteiger partial charge on any atom is 0.335 e. The van der Waals surface area contributed by atoms with E-state index >= 15 is 0 Å². The molecule has 180 valence electrons. The van der Waals surface area contributed by atoms with E-state index in [0.29, 0.717) is 41.2 Å². The highest BCUT2D eigenvalue weighted by molar-refractivity contribution is 6.39. The van der Waals surface area contributed by atoms with E-state index in [1.54, 1.807) is 42.5 Å². The fraction of sp³-hybridized carbons (Fsp3) is 0.222. The number of aromatic nitrogens is 1. The molecule has 1 aliphatic heterocycles. The van der Waals surface area contributed by atoms with Crippen molar-refractivity contribution in [3.05, 3.63) is 88.7 Å². The van der Waals surface area contributed by atoms with Crippen LogP contribution in [0.5, 0.6) is 5.75 Å². The number of anilines is 1. The number of nitrogens with zero attached hydrogens (tertiary/aromatic N) is 2. The topological polar surface area (TPSA) is 80.6 Å². The van der Waals surface area contributed by atoms with Crippen molar-refractivity contribution in [3.63, 3.8) is 0 Å². The van der Waals surface area contributed by atoms with E-state index in [1.165, 1.54) is 6.08 Å². The first-order valence-corrected chi connectivity index (χ1v) is 11.8. The summed E-state index contributed by atoms with van der Waals surface area (Å²) in [5, 5.41) is 2.90. The lowest BCUT2D eigenvalue weighted by Gasteiger charge is -2.26. The monoisotopic (exact) mass is 491 g/mol. The molecule has 0 spiro atoms. The Morgan fingerprint density at radius 3 is 2.43 bits per heavy atom. The third kappa shape index (κ3) is 5.46. The Morgan fingerprint density at radius 2 is 1.74 bits per heavy atom. The van der Waals surface area contributed by atoms with Gasteiger partial charge in [0, 0.05) is 16.9 Å². The molecule has 2 heterocycles. The molecule has 1 N–H and O–H groups in total. The predicted molar refractivity (Wildman–Crippen MR) is 136 cm³/mol. The zero-order valence-corrected chi connectivity index (χ0v) is 20.3. The van der Waals surface area contributed by atoms with Crippen molar-refractivity contribution in [3.8, 4) is 5.75 Å². The summed E-state index contributed by atoms with van der Waals surface area (Å²) in [6.45, 7) is 5.08. The predicted octanol–water partition coefficient (Wildman–Crippen LogP) is 5.40. The molecule has 1 aliphatic rings. The minimum absolute atomic E-state index is 0.117. The van der Waals surface area contributed by atoms with Crippen molar-refractivity contribution in [2.75, 3.05) is 11.5 Å². The Bertz CT molecular complexity index is 1260. The van der Waals surface area contributed by atoms with E-state index in [0.717, 1.165) is 16.9 Å². The number of halogens is 1. The van der Waals surface area contributed by atoms with Gasteiger partial charge in [0.05, 0.1) is 12.2 Å². The Kier molecular flexibility index (Phi) is 7.36. The van der Waals surface area contributed by atoms with Gasteiger partial charge in [-0.2, -0.15) is 0 Å². The van der Waals surface area contributed by atoms with Gasteiger partial charge >= 0.3 is 6.03 Å². The third-order valence-electron chi connectivity index (χ3n) is 6.01. The number of ether oxygens (including phenoxy) is 1. The van der Waals surface area contributed by atoms with Gasteiger partial charge in [-0.05, 0) is 72.5 Å². The largest absolute Gasteiger partial charge is 0.492 e. The molecule has 4 rings (SSSR count). The van der Waals surface area contributed by atoms with Gasteiger partial charge in [-0.3, -0.25) is 14.9 Å². The molecule has 3 aromatic rings. The molecule has 35 heavy (non-hydrogen) atoms. The number of urea groups is 1. The van der Waals surface area contributed by atoms with Gasteiger partial charge in [-0.1, -0.05) is 37.6 Å². The van der Waals surface area contributed by atoms with Gasteiger partial charge in [0.25, 0.3) is 11.8 Å². The molecule has 0 saturated carbocycles. The molecule has 7 nitrogen and oxygen atoms in total. The molecule has 0 radical (unpaired) electrons. The van der Waals surface area contributed by atoms with Crippen LogP contribution in [0.3, 0.4) is 0 Å². The van der Waals surface area contributed by atoms with Crippen LogP contribution < -0.4 is 15.0 Å². The van der Waals surface area contributed by atoms with Gasteiger partial charge in [-0.15, -0.1) is 0 Å². The van der Waals surface area contributed by atoms with Crippen LogP contribution in [0.15, 0.2) is 72.4 Å². The number of imide groups is 2. The summed E-state index contributed by atoms with van der Waals surface area (Å²) in [7, 11) is 0. The summed E-state index contributed by atoms with van der Waals surface area (Å²) >= 11 is 5.90. The van der Waals surface area contributed by atoms with E-state index < -0.39 is 17.8 Å². The van der Waals surface area contributed by atoms with E-state index in [9.17, 15) is 14.4 Å². The maximum atomic E-state index is 13.2. The number of nitrogens with one attached hydrogen (secondary N) is 1. The highest BCUT2D eigenvalue weighted by atomic mass is 35.5. The lowest BCUT2D eigenvalue weighted by Crippen LogP contribution is -2.54. The van der Waals surface area contributed by atoms with E-state index in [2.05, 4.69) is 19.2 Å². The Morgan fingerprint density at radius 1 is 1.03 bits per heavy atom. The number of rotatable bonds is 8. The molecule has 1 unspecified atom stereocenters. The Labute approximate surface area is 208 Å². The molecule has 1 saturated heterocycles. The molecule has 1 aromatic heterocycles. The van der Waals surface area contributed by atoms with Crippen molar-refractivity contribution >= 4 is 41.2 Å². The molecular formula is C27H26ClN3O4. The summed E-state index contributed by atoms with van der Waals surface area (Å²) in [4.78, 5) is 39.3. The first-order valence-electron chi connectivity index (χ1n) is 11.4. The molecule has 0 aliphatic carbocycles. The zero-order valence-electron chi connectivity index (χ0n) is 19.5. The number of barbiturate groups is 1. The molecular weight excluding hydrogens is 466 g/mol. The van der Waals surface area contributed by atoms with Gasteiger partial charge < -0.3 is 9.30 Å². The maximum absolute atomic E-state index is 13.2. The lowest BCUT2D eigenvalue weighted by atomic mass is 9.98. The van der Waals surface area contributed by atoms with Crippen LogP contribution in [0.25, 0.3) is 6.08 Å². The quantitative estimate of drug-likeness (QED) is 0.338. The van der Waals surface area contributed by atoms with E-state index in [1.807, 2.05) is 29.0 Å². The number of carbonyl (C=O) groups excluding carboxylic acids is 3. The number of benzene rings is 2. The number of hydrogen-bond acceptors (Lipinski definition) is 4. The van der Waals surface area contributed by atoms with E-state index in [-0.39, 0.29) is 5.57 Å². The van der Waals surface area contributed by atoms with Gasteiger partial charge in [0.1, 0.15) is 17.9 Å². The summed E-state index contributed by atoms with van der Waals surface area (Å²) in [5.41, 5.74) is 2.05. The third-order valence-corrected chi connectivity index (χ3v) is 6.26.